The lowest BCUT2D eigenvalue weighted by atomic mass is 10.1. The van der Waals surface area contributed by atoms with E-state index in [9.17, 15) is 0 Å². The second kappa shape index (κ2) is 4.03. The molecule has 0 N–H and O–H groups in total. The molecule has 0 bridgehead atoms. The van der Waals surface area contributed by atoms with Crippen molar-refractivity contribution >= 4 is 16.3 Å². The van der Waals surface area contributed by atoms with E-state index in [0.717, 1.165) is 11.5 Å². The molecule has 1 aliphatic heterocycles. The van der Waals surface area contributed by atoms with E-state index in [1.165, 1.54) is 16.3 Å². The molecule has 3 aromatic rings. The second-order valence-corrected chi connectivity index (χ2v) is 4.10. The number of hydrogen-bond acceptors (Lipinski definition) is 2. The first kappa shape index (κ1) is 11.1. The summed E-state index contributed by atoms with van der Waals surface area (Å²) in [5.41, 5.74) is 1.17. The first-order valence-corrected chi connectivity index (χ1v) is 5.54. The SMILES string of the molecule is [Cl-].c1cc[n+]2ccc3cc4c(cc3c2c1)OCO4. The minimum Gasteiger partial charge on any atom is -1.00 e. The van der Waals surface area contributed by atoms with Gasteiger partial charge in [0.25, 0.3) is 0 Å². The van der Waals surface area contributed by atoms with Crippen LogP contribution in [-0.2, 0) is 0 Å². The topological polar surface area (TPSA) is 22.6 Å². The first-order chi connectivity index (χ1) is 8.42. The van der Waals surface area contributed by atoms with Crippen LogP contribution in [0.1, 0.15) is 0 Å². The van der Waals surface area contributed by atoms with Crippen LogP contribution in [0.25, 0.3) is 16.3 Å². The van der Waals surface area contributed by atoms with Crippen molar-refractivity contribution in [1.82, 2.24) is 0 Å². The van der Waals surface area contributed by atoms with Crippen molar-refractivity contribution in [2.45, 2.75) is 0 Å². The molecule has 2 aromatic heterocycles. The molecule has 1 aromatic carbocycles. The highest BCUT2D eigenvalue weighted by Gasteiger charge is 2.16. The van der Waals surface area contributed by atoms with Gasteiger partial charge in [-0.15, -0.1) is 0 Å². The van der Waals surface area contributed by atoms with Gasteiger partial charge in [-0.3, -0.25) is 0 Å². The summed E-state index contributed by atoms with van der Waals surface area (Å²) in [6.07, 6.45) is 4.10. The Morgan fingerprint density at radius 1 is 0.944 bits per heavy atom. The van der Waals surface area contributed by atoms with Crippen molar-refractivity contribution in [3.05, 3.63) is 48.8 Å². The molecule has 1 aliphatic rings. The molecule has 0 atom stereocenters. The van der Waals surface area contributed by atoms with E-state index in [4.69, 9.17) is 9.47 Å². The molecule has 0 radical (unpaired) electrons. The highest BCUT2D eigenvalue weighted by molar-refractivity contribution is 5.95. The average Bonchev–Trinajstić information content (AvgIpc) is 2.83. The first-order valence-electron chi connectivity index (χ1n) is 5.54. The van der Waals surface area contributed by atoms with Gasteiger partial charge in [-0.25, -0.2) is 0 Å². The number of pyridine rings is 2. The van der Waals surface area contributed by atoms with Crippen molar-refractivity contribution < 1.29 is 26.3 Å². The zero-order valence-corrected chi connectivity index (χ0v) is 10.2. The van der Waals surface area contributed by atoms with Crippen LogP contribution in [0.2, 0.25) is 0 Å². The van der Waals surface area contributed by atoms with E-state index in [1.54, 1.807) is 0 Å². The fourth-order valence-electron chi connectivity index (χ4n) is 2.29. The van der Waals surface area contributed by atoms with E-state index in [1.807, 2.05) is 30.5 Å². The second-order valence-electron chi connectivity index (χ2n) is 4.10. The monoisotopic (exact) mass is 259 g/mol. The van der Waals surface area contributed by atoms with E-state index in [2.05, 4.69) is 22.7 Å². The van der Waals surface area contributed by atoms with Gasteiger partial charge in [-0.2, -0.15) is 4.40 Å². The molecule has 0 saturated carbocycles. The lowest BCUT2D eigenvalue weighted by molar-refractivity contribution is -0.510. The van der Waals surface area contributed by atoms with Crippen molar-refractivity contribution in [1.29, 1.82) is 0 Å². The third-order valence-electron chi connectivity index (χ3n) is 3.13. The lowest BCUT2D eigenvalue weighted by Gasteiger charge is -2.00. The van der Waals surface area contributed by atoms with E-state index < -0.39 is 0 Å². The summed E-state index contributed by atoms with van der Waals surface area (Å²) in [5.74, 6) is 1.66. The Kier molecular flexibility index (Phi) is 2.49. The van der Waals surface area contributed by atoms with Crippen molar-refractivity contribution in [2.24, 2.45) is 0 Å². The van der Waals surface area contributed by atoms with Gasteiger partial charge in [0.2, 0.25) is 12.3 Å². The highest BCUT2D eigenvalue weighted by Crippen LogP contribution is 2.36. The lowest BCUT2D eigenvalue weighted by Crippen LogP contribution is -3.00. The van der Waals surface area contributed by atoms with Gasteiger partial charge in [-0.1, -0.05) is 0 Å². The number of benzene rings is 1. The number of nitrogens with zero attached hydrogens (tertiary/aromatic N) is 1. The quantitative estimate of drug-likeness (QED) is 0.394. The average molecular weight is 260 g/mol. The van der Waals surface area contributed by atoms with Gasteiger partial charge in [0.1, 0.15) is 0 Å². The molecule has 4 heteroatoms. The Morgan fingerprint density at radius 3 is 2.67 bits per heavy atom. The van der Waals surface area contributed by atoms with Crippen molar-refractivity contribution in [3.63, 3.8) is 0 Å². The number of halogens is 1. The standard InChI is InChI=1S/C14H10NO2.ClH/c1-2-5-15-6-4-10-7-13-14(17-9-16-13)8-11(10)12(15)3-1;/h1-8H,9H2;1H/q+1;/p-1. The van der Waals surface area contributed by atoms with Crippen LogP contribution < -0.4 is 26.3 Å². The van der Waals surface area contributed by atoms with Crippen molar-refractivity contribution in [2.75, 3.05) is 6.79 Å². The Labute approximate surface area is 110 Å². The maximum Gasteiger partial charge on any atom is 0.231 e. The third-order valence-corrected chi connectivity index (χ3v) is 3.13. The molecule has 0 spiro atoms. The Balaban J connectivity index is 0.000001000. The van der Waals surface area contributed by atoms with Crippen LogP contribution >= 0.6 is 0 Å². The van der Waals surface area contributed by atoms with Gasteiger partial charge >= 0.3 is 0 Å². The number of aromatic nitrogens is 1. The minimum absolute atomic E-state index is 0. The van der Waals surface area contributed by atoms with Gasteiger partial charge in [0, 0.05) is 18.2 Å². The van der Waals surface area contributed by atoms with Gasteiger partial charge < -0.3 is 21.9 Å². The largest absolute Gasteiger partial charge is 1.00 e. The third kappa shape index (κ3) is 1.48. The molecule has 0 amide bonds. The summed E-state index contributed by atoms with van der Waals surface area (Å²) >= 11 is 0. The predicted molar refractivity (Wildman–Crippen MR) is 63.2 cm³/mol. The summed E-state index contributed by atoms with van der Waals surface area (Å²) in [7, 11) is 0. The minimum atomic E-state index is 0. The van der Waals surface area contributed by atoms with Gasteiger partial charge in [0.15, 0.2) is 23.9 Å². The molecule has 0 unspecified atom stereocenters. The van der Waals surface area contributed by atoms with E-state index >= 15 is 0 Å². The number of hydrogen-bond donors (Lipinski definition) is 0. The fraction of sp³-hybridized carbons (Fsp3) is 0.0714. The normalized spacial score (nSPS) is 12.7. The molecule has 0 saturated heterocycles. The van der Waals surface area contributed by atoms with Crippen LogP contribution in [-0.4, -0.2) is 6.79 Å². The smallest absolute Gasteiger partial charge is 0.231 e. The van der Waals surface area contributed by atoms with Crippen molar-refractivity contribution in [3.8, 4) is 11.5 Å². The summed E-state index contributed by atoms with van der Waals surface area (Å²) in [5, 5.41) is 2.35. The van der Waals surface area contributed by atoms with Gasteiger partial charge in [-0.05, 0) is 23.6 Å². The number of ether oxygens (including phenoxy) is 2. The molecule has 3 heterocycles. The summed E-state index contributed by atoms with van der Waals surface area (Å²) in [6.45, 7) is 0.316. The molecule has 4 rings (SSSR count). The molecular weight excluding hydrogens is 250 g/mol. The Hall–Kier alpha value is -2.00. The molecule has 0 aliphatic carbocycles. The van der Waals surface area contributed by atoms with Crippen LogP contribution in [0.15, 0.2) is 48.8 Å². The Bertz CT molecular complexity index is 742. The fourth-order valence-corrected chi connectivity index (χ4v) is 2.29. The molecule has 3 nitrogen and oxygen atoms in total. The van der Waals surface area contributed by atoms with Crippen LogP contribution in [0.3, 0.4) is 0 Å². The maximum atomic E-state index is 5.42. The number of fused-ring (bicyclic) bond motifs is 4. The van der Waals surface area contributed by atoms with Crippen LogP contribution in [0, 0.1) is 0 Å². The highest BCUT2D eigenvalue weighted by atomic mass is 35.5. The Morgan fingerprint density at radius 2 is 1.78 bits per heavy atom. The zero-order chi connectivity index (χ0) is 11.2. The maximum absolute atomic E-state index is 5.42. The predicted octanol–water partition coefficient (Wildman–Crippen LogP) is -0.689. The van der Waals surface area contributed by atoms with Crippen LogP contribution in [0.5, 0.6) is 11.5 Å². The number of rotatable bonds is 0. The molecule has 0 fully saturated rings. The van der Waals surface area contributed by atoms with Crippen LogP contribution in [0.4, 0.5) is 0 Å². The zero-order valence-electron chi connectivity index (χ0n) is 9.47. The summed E-state index contributed by atoms with van der Waals surface area (Å²) < 4.78 is 12.9. The van der Waals surface area contributed by atoms with Gasteiger partial charge in [0.05, 0.1) is 5.39 Å². The molecule has 18 heavy (non-hydrogen) atoms. The molecule has 90 valence electrons. The molecular formula is C14H10ClNO2. The summed E-state index contributed by atoms with van der Waals surface area (Å²) in [6, 6.07) is 12.3. The van der Waals surface area contributed by atoms with E-state index in [0.29, 0.717) is 6.79 Å². The summed E-state index contributed by atoms with van der Waals surface area (Å²) in [4.78, 5) is 0. The van der Waals surface area contributed by atoms with E-state index in [-0.39, 0.29) is 12.4 Å².